The Hall–Kier alpha value is -2.38. The van der Waals surface area contributed by atoms with Crippen LogP contribution in [0.1, 0.15) is 69.9 Å². The standard InChI is InChI=1S/C20H32N4O4/c1-6-17-16(12-21-24(17)20(3,4)5)19(28)22-10-7-8-15(9-11-22)23(14(2)25)13-18(26)27/h12,15H,6-11,13H2,1-5H3,(H,26,27). The van der Waals surface area contributed by atoms with Gasteiger partial charge >= 0.3 is 5.97 Å². The number of likely N-dealkylation sites (tertiary alicyclic amines) is 1. The molecule has 0 aromatic carbocycles. The highest BCUT2D eigenvalue weighted by molar-refractivity contribution is 5.95. The van der Waals surface area contributed by atoms with Crippen molar-refractivity contribution in [2.75, 3.05) is 19.6 Å². The average Bonchev–Trinajstić information content (AvgIpc) is 2.90. The summed E-state index contributed by atoms with van der Waals surface area (Å²) in [7, 11) is 0. The van der Waals surface area contributed by atoms with Crippen molar-refractivity contribution in [3.05, 3.63) is 17.5 Å². The van der Waals surface area contributed by atoms with E-state index in [0.29, 0.717) is 37.9 Å². The fourth-order valence-corrected chi connectivity index (χ4v) is 3.88. The maximum Gasteiger partial charge on any atom is 0.323 e. The number of hydrogen-bond acceptors (Lipinski definition) is 4. The highest BCUT2D eigenvalue weighted by atomic mass is 16.4. The van der Waals surface area contributed by atoms with E-state index in [9.17, 15) is 14.4 Å². The first-order valence-corrected chi connectivity index (χ1v) is 9.91. The molecule has 0 radical (unpaired) electrons. The van der Waals surface area contributed by atoms with Crippen molar-refractivity contribution in [1.29, 1.82) is 0 Å². The molecule has 1 N–H and O–H groups in total. The van der Waals surface area contributed by atoms with E-state index in [0.717, 1.165) is 12.1 Å². The average molecular weight is 393 g/mol. The van der Waals surface area contributed by atoms with Gasteiger partial charge in [0.2, 0.25) is 5.91 Å². The van der Waals surface area contributed by atoms with Gasteiger partial charge in [-0.2, -0.15) is 5.10 Å². The van der Waals surface area contributed by atoms with Crippen LogP contribution in [0.25, 0.3) is 0 Å². The lowest BCUT2D eigenvalue weighted by Gasteiger charge is -2.29. The summed E-state index contributed by atoms with van der Waals surface area (Å²) in [5, 5.41) is 13.5. The number of amides is 2. The minimum Gasteiger partial charge on any atom is -0.480 e. The van der Waals surface area contributed by atoms with Crippen molar-refractivity contribution >= 4 is 17.8 Å². The molecule has 1 aromatic heterocycles. The Morgan fingerprint density at radius 3 is 2.46 bits per heavy atom. The summed E-state index contributed by atoms with van der Waals surface area (Å²) >= 11 is 0. The first-order chi connectivity index (χ1) is 13.1. The first-order valence-electron chi connectivity index (χ1n) is 9.91. The van der Waals surface area contributed by atoms with Crippen LogP contribution in [-0.2, 0) is 21.5 Å². The van der Waals surface area contributed by atoms with E-state index in [1.54, 1.807) is 6.20 Å². The molecule has 1 fully saturated rings. The van der Waals surface area contributed by atoms with E-state index in [1.165, 1.54) is 11.8 Å². The maximum absolute atomic E-state index is 13.2. The lowest BCUT2D eigenvalue weighted by atomic mass is 10.1. The molecule has 28 heavy (non-hydrogen) atoms. The largest absolute Gasteiger partial charge is 0.480 e. The molecule has 0 aliphatic carbocycles. The molecular weight excluding hydrogens is 360 g/mol. The lowest BCUT2D eigenvalue weighted by molar-refractivity contribution is -0.145. The monoisotopic (exact) mass is 392 g/mol. The Morgan fingerprint density at radius 1 is 1.25 bits per heavy atom. The molecule has 8 nitrogen and oxygen atoms in total. The van der Waals surface area contributed by atoms with Gasteiger partial charge in [-0.3, -0.25) is 19.1 Å². The number of aromatic nitrogens is 2. The van der Waals surface area contributed by atoms with E-state index < -0.39 is 5.97 Å². The number of carboxylic acid groups (broad SMARTS) is 1. The molecule has 2 amide bonds. The summed E-state index contributed by atoms with van der Waals surface area (Å²) in [6.07, 6.45) is 4.37. The zero-order valence-corrected chi connectivity index (χ0v) is 17.6. The molecule has 2 rings (SSSR count). The minimum absolute atomic E-state index is 0.0411. The third kappa shape index (κ3) is 4.91. The topological polar surface area (TPSA) is 95.7 Å². The molecule has 1 atom stereocenters. The van der Waals surface area contributed by atoms with Crippen LogP contribution in [0.3, 0.4) is 0 Å². The van der Waals surface area contributed by atoms with Crippen LogP contribution in [0.5, 0.6) is 0 Å². The fraction of sp³-hybridized carbons (Fsp3) is 0.700. The molecule has 0 bridgehead atoms. The Labute approximate surface area is 166 Å². The molecule has 1 aromatic rings. The Balaban J connectivity index is 2.16. The van der Waals surface area contributed by atoms with Crippen molar-refractivity contribution in [3.8, 4) is 0 Å². The number of hydrogen-bond donors (Lipinski definition) is 1. The van der Waals surface area contributed by atoms with Crippen molar-refractivity contribution in [2.24, 2.45) is 0 Å². The van der Waals surface area contributed by atoms with Gasteiger partial charge in [0, 0.05) is 26.1 Å². The van der Waals surface area contributed by atoms with Crippen molar-refractivity contribution in [1.82, 2.24) is 19.6 Å². The minimum atomic E-state index is -1.02. The SMILES string of the molecule is CCc1c(C(=O)N2CCCC(N(CC(=O)O)C(C)=O)CC2)cnn1C(C)(C)C. The molecule has 1 unspecified atom stereocenters. The highest BCUT2D eigenvalue weighted by Gasteiger charge is 2.30. The molecule has 2 heterocycles. The van der Waals surface area contributed by atoms with Crippen LogP contribution >= 0.6 is 0 Å². The second-order valence-corrected chi connectivity index (χ2v) is 8.36. The summed E-state index contributed by atoms with van der Waals surface area (Å²) in [6, 6.07) is -0.158. The van der Waals surface area contributed by atoms with Gasteiger partial charge in [0.15, 0.2) is 0 Å². The predicted octanol–water partition coefficient (Wildman–Crippen LogP) is 2.13. The summed E-state index contributed by atoms with van der Waals surface area (Å²) in [5.74, 6) is -1.30. The van der Waals surface area contributed by atoms with Gasteiger partial charge in [-0.25, -0.2) is 0 Å². The molecule has 156 valence electrons. The van der Waals surface area contributed by atoms with E-state index in [-0.39, 0.29) is 29.9 Å². The van der Waals surface area contributed by atoms with Crippen LogP contribution in [0.15, 0.2) is 6.20 Å². The lowest BCUT2D eigenvalue weighted by Crippen LogP contribution is -2.43. The number of carbonyl (C=O) groups excluding carboxylic acids is 2. The van der Waals surface area contributed by atoms with Gasteiger partial charge in [0.25, 0.3) is 5.91 Å². The normalized spacial score (nSPS) is 17.9. The quantitative estimate of drug-likeness (QED) is 0.828. The van der Waals surface area contributed by atoms with Gasteiger partial charge < -0.3 is 14.9 Å². The van der Waals surface area contributed by atoms with E-state index in [2.05, 4.69) is 25.9 Å². The van der Waals surface area contributed by atoms with E-state index >= 15 is 0 Å². The maximum atomic E-state index is 13.2. The van der Waals surface area contributed by atoms with E-state index in [4.69, 9.17) is 5.11 Å². The van der Waals surface area contributed by atoms with Gasteiger partial charge in [0.05, 0.1) is 23.0 Å². The smallest absolute Gasteiger partial charge is 0.323 e. The molecule has 0 spiro atoms. The van der Waals surface area contributed by atoms with Gasteiger partial charge in [-0.15, -0.1) is 0 Å². The van der Waals surface area contributed by atoms with E-state index in [1.807, 2.05) is 16.5 Å². The molecule has 1 aliphatic heterocycles. The first kappa shape index (κ1) is 21.9. The molecule has 1 saturated heterocycles. The number of carboxylic acids is 1. The summed E-state index contributed by atoms with van der Waals surface area (Å²) in [4.78, 5) is 39.3. The van der Waals surface area contributed by atoms with Crippen LogP contribution < -0.4 is 0 Å². The molecule has 8 heteroatoms. The van der Waals surface area contributed by atoms with Crippen LogP contribution in [0.4, 0.5) is 0 Å². The molecular formula is C20H32N4O4. The Morgan fingerprint density at radius 2 is 1.93 bits per heavy atom. The van der Waals surface area contributed by atoms with Crippen molar-refractivity contribution < 1.29 is 19.5 Å². The summed E-state index contributed by atoms with van der Waals surface area (Å²) in [6.45, 7) is 10.4. The number of rotatable bonds is 5. The molecule has 0 saturated carbocycles. The van der Waals surface area contributed by atoms with Crippen LogP contribution in [0, 0.1) is 0 Å². The fourth-order valence-electron chi connectivity index (χ4n) is 3.88. The van der Waals surface area contributed by atoms with Crippen LogP contribution in [-0.4, -0.2) is 68.1 Å². The third-order valence-electron chi connectivity index (χ3n) is 5.21. The van der Waals surface area contributed by atoms with Gasteiger partial charge in [-0.1, -0.05) is 6.92 Å². The zero-order valence-electron chi connectivity index (χ0n) is 17.6. The molecule has 1 aliphatic rings. The number of aliphatic carboxylic acids is 1. The summed E-state index contributed by atoms with van der Waals surface area (Å²) < 4.78 is 1.91. The van der Waals surface area contributed by atoms with Crippen molar-refractivity contribution in [2.45, 2.75) is 71.9 Å². The number of nitrogens with zero attached hydrogens (tertiary/aromatic N) is 4. The third-order valence-corrected chi connectivity index (χ3v) is 5.21. The summed E-state index contributed by atoms with van der Waals surface area (Å²) in [5.41, 5.74) is 1.35. The number of carbonyl (C=O) groups is 3. The zero-order chi connectivity index (χ0) is 21.1. The second-order valence-electron chi connectivity index (χ2n) is 8.36. The Bertz CT molecular complexity index is 735. The Kier molecular flexibility index (Phi) is 6.85. The predicted molar refractivity (Wildman–Crippen MR) is 105 cm³/mol. The van der Waals surface area contributed by atoms with Crippen LogP contribution in [0.2, 0.25) is 0 Å². The van der Waals surface area contributed by atoms with Gasteiger partial charge in [0.1, 0.15) is 6.54 Å². The second kappa shape index (κ2) is 8.75. The van der Waals surface area contributed by atoms with Crippen molar-refractivity contribution in [3.63, 3.8) is 0 Å². The highest BCUT2D eigenvalue weighted by Crippen LogP contribution is 2.23. The van der Waals surface area contributed by atoms with Gasteiger partial charge in [-0.05, 0) is 46.5 Å².